The normalized spacial score (nSPS) is 23.1. The van der Waals surface area contributed by atoms with Gasteiger partial charge in [0.2, 0.25) is 5.78 Å². The number of carbonyl (C=O) groups excluding carboxylic acids is 1. The molecule has 1 saturated heterocycles. The summed E-state index contributed by atoms with van der Waals surface area (Å²) in [6.45, 7) is -0.595. The first kappa shape index (κ1) is 23.4. The third-order valence-electron chi connectivity index (χ3n) is 4.16. The Labute approximate surface area is 192 Å². The summed E-state index contributed by atoms with van der Waals surface area (Å²) in [5, 5.41) is 30.8. The number of benzene rings is 1. The van der Waals surface area contributed by atoms with Crippen molar-refractivity contribution in [1.82, 2.24) is 10.4 Å². The number of ether oxygens (including phenoxy) is 1. The van der Waals surface area contributed by atoms with Gasteiger partial charge in [-0.3, -0.25) is 20.4 Å². The first-order valence-electron chi connectivity index (χ1n) is 8.65. The van der Waals surface area contributed by atoms with Gasteiger partial charge < -0.3 is 25.4 Å². The zero-order chi connectivity index (χ0) is 22.5. The van der Waals surface area contributed by atoms with Gasteiger partial charge in [0.05, 0.1) is 29.8 Å². The SMILES string of the molecule is N#Cc1ccc(S[C@H]2OC(CO)C(=O)C(=N/C=C(\NN)c3csc(=O)[nH]3)C2O)cc1Br. The van der Waals surface area contributed by atoms with E-state index < -0.39 is 30.0 Å². The molecule has 1 fully saturated rings. The van der Waals surface area contributed by atoms with Crippen molar-refractivity contribution in [2.24, 2.45) is 10.8 Å². The fraction of sp³-hybridized carbons (Fsp3) is 0.222. The second-order valence-corrected chi connectivity index (χ2v) is 8.99. The van der Waals surface area contributed by atoms with Crippen molar-refractivity contribution in [1.29, 1.82) is 5.26 Å². The summed E-state index contributed by atoms with van der Waals surface area (Å²) in [7, 11) is 0. The number of nitrogens with two attached hydrogens (primary N) is 1. The molecule has 1 aliphatic rings. The van der Waals surface area contributed by atoms with E-state index in [1.165, 1.54) is 11.6 Å². The van der Waals surface area contributed by atoms with Crippen LogP contribution in [0.15, 0.2) is 48.9 Å². The Bertz CT molecular complexity index is 1140. The number of Topliss-reactive ketones (excluding diaryl/α,β-unsaturated/α-hetero) is 1. The summed E-state index contributed by atoms with van der Waals surface area (Å²) >= 11 is 5.33. The number of aliphatic imine (C=N–C) groups is 1. The van der Waals surface area contributed by atoms with Crippen molar-refractivity contribution >= 4 is 56.2 Å². The van der Waals surface area contributed by atoms with Crippen LogP contribution in [0.5, 0.6) is 0 Å². The number of carbonyl (C=O) groups is 1. The number of aliphatic hydroxyl groups is 2. The number of aromatic nitrogens is 1. The highest BCUT2D eigenvalue weighted by Crippen LogP contribution is 2.33. The van der Waals surface area contributed by atoms with E-state index in [0.29, 0.717) is 20.6 Å². The second kappa shape index (κ2) is 10.3. The van der Waals surface area contributed by atoms with Crippen LogP contribution in [0.25, 0.3) is 5.70 Å². The Hall–Kier alpha value is -2.31. The lowest BCUT2D eigenvalue weighted by atomic mass is 10.0. The average Bonchev–Trinajstić information content (AvgIpc) is 3.18. The van der Waals surface area contributed by atoms with Gasteiger partial charge in [-0.1, -0.05) is 23.1 Å². The minimum absolute atomic E-state index is 0.220. The summed E-state index contributed by atoms with van der Waals surface area (Å²) in [4.78, 5) is 30.9. The number of aliphatic hydroxyl groups excluding tert-OH is 2. The van der Waals surface area contributed by atoms with Crippen LogP contribution in [0.4, 0.5) is 0 Å². The Morgan fingerprint density at radius 1 is 1.52 bits per heavy atom. The highest BCUT2D eigenvalue weighted by molar-refractivity contribution is 9.10. The molecule has 31 heavy (non-hydrogen) atoms. The lowest BCUT2D eigenvalue weighted by molar-refractivity contribution is -0.134. The monoisotopic (exact) mass is 525 g/mol. The van der Waals surface area contributed by atoms with Gasteiger partial charge >= 0.3 is 4.87 Å². The quantitative estimate of drug-likeness (QED) is 0.268. The molecule has 0 saturated carbocycles. The van der Waals surface area contributed by atoms with Gasteiger partial charge in [-0.25, -0.2) is 0 Å². The van der Waals surface area contributed by atoms with Crippen LogP contribution in [0.3, 0.4) is 0 Å². The fourth-order valence-corrected chi connectivity index (χ4v) is 4.87. The van der Waals surface area contributed by atoms with Gasteiger partial charge in [0.25, 0.3) is 0 Å². The van der Waals surface area contributed by atoms with Crippen molar-refractivity contribution in [3.63, 3.8) is 0 Å². The second-order valence-electron chi connectivity index (χ2n) is 6.12. The van der Waals surface area contributed by atoms with Crippen LogP contribution in [-0.2, 0) is 9.53 Å². The summed E-state index contributed by atoms with van der Waals surface area (Å²) in [6, 6.07) is 7.00. The van der Waals surface area contributed by atoms with Crippen LogP contribution in [0.1, 0.15) is 11.3 Å². The van der Waals surface area contributed by atoms with Gasteiger partial charge in [0.1, 0.15) is 29.4 Å². The van der Waals surface area contributed by atoms with Crippen LogP contribution in [0, 0.1) is 11.3 Å². The molecule has 6 N–H and O–H groups in total. The summed E-state index contributed by atoms with van der Waals surface area (Å²) in [5.74, 6) is 4.80. The third-order valence-corrected chi connectivity index (χ3v) is 6.61. The molecule has 10 nitrogen and oxygen atoms in total. The molecule has 2 aromatic rings. The van der Waals surface area contributed by atoms with E-state index in [1.807, 2.05) is 6.07 Å². The molecule has 1 aromatic carbocycles. The largest absolute Gasteiger partial charge is 0.393 e. The molecule has 0 amide bonds. The van der Waals surface area contributed by atoms with Crippen LogP contribution < -0.4 is 16.1 Å². The van der Waals surface area contributed by atoms with E-state index in [0.717, 1.165) is 23.1 Å². The number of rotatable bonds is 6. The number of hydrogen-bond donors (Lipinski definition) is 5. The number of hydrogen-bond acceptors (Lipinski definition) is 11. The fourth-order valence-electron chi connectivity index (χ4n) is 2.62. The van der Waals surface area contributed by atoms with E-state index in [2.05, 4.69) is 31.3 Å². The van der Waals surface area contributed by atoms with Crippen molar-refractivity contribution in [3.8, 4) is 6.07 Å². The number of hydrazine groups is 1. The standard InChI is InChI=1S/C18H16BrN5O5S2/c19-10-3-9(2-1-8(10)4-20)31-17-16(27)14(15(26)13(6-25)29-17)22-5-11(24-21)12-7-30-18(28)23-12/h1-3,5,7,13,16-17,24-25,27H,6,21H2,(H,23,28)/b11-5-,22-14?/t13?,16?,17-/m1/s1. The Morgan fingerprint density at radius 3 is 2.87 bits per heavy atom. The highest BCUT2D eigenvalue weighted by atomic mass is 79.9. The van der Waals surface area contributed by atoms with Gasteiger partial charge in [0.15, 0.2) is 0 Å². The molecule has 0 spiro atoms. The first-order valence-corrected chi connectivity index (χ1v) is 11.2. The maximum atomic E-state index is 12.6. The van der Waals surface area contributed by atoms with Crippen LogP contribution >= 0.6 is 39.0 Å². The molecule has 1 aliphatic heterocycles. The summed E-state index contributed by atoms with van der Waals surface area (Å²) in [6.07, 6.45) is -1.41. The number of thioether (sulfide) groups is 1. The molecule has 2 heterocycles. The van der Waals surface area contributed by atoms with E-state index >= 15 is 0 Å². The smallest absolute Gasteiger partial charge is 0.304 e. The van der Waals surface area contributed by atoms with E-state index in [-0.39, 0.29) is 16.3 Å². The van der Waals surface area contributed by atoms with Gasteiger partial charge in [0, 0.05) is 14.7 Å². The van der Waals surface area contributed by atoms with E-state index in [4.69, 9.17) is 15.8 Å². The molecule has 2 unspecified atom stereocenters. The minimum Gasteiger partial charge on any atom is -0.393 e. The molecule has 162 valence electrons. The molecule has 3 rings (SSSR count). The third kappa shape index (κ3) is 5.31. The summed E-state index contributed by atoms with van der Waals surface area (Å²) < 4.78 is 6.13. The molecular formula is C18H16BrN5O5S2. The molecule has 0 radical (unpaired) electrons. The zero-order valence-corrected chi connectivity index (χ0v) is 18.8. The minimum atomic E-state index is -1.41. The first-order chi connectivity index (χ1) is 14.9. The van der Waals surface area contributed by atoms with Gasteiger partial charge in [-0.15, -0.1) is 0 Å². The molecule has 3 atom stereocenters. The predicted octanol–water partition coefficient (Wildman–Crippen LogP) is 0.713. The maximum absolute atomic E-state index is 12.6. The average molecular weight is 526 g/mol. The summed E-state index contributed by atoms with van der Waals surface area (Å²) in [5.41, 5.74) is 2.23. The zero-order valence-electron chi connectivity index (χ0n) is 15.6. The molecular weight excluding hydrogens is 510 g/mol. The van der Waals surface area contributed by atoms with E-state index in [9.17, 15) is 19.8 Å². The number of nitriles is 1. The molecule has 0 bridgehead atoms. The van der Waals surface area contributed by atoms with Gasteiger partial charge in [-0.05, 0) is 34.1 Å². The maximum Gasteiger partial charge on any atom is 0.304 e. The molecule has 13 heteroatoms. The van der Waals surface area contributed by atoms with Crippen molar-refractivity contribution in [3.05, 3.63) is 55.2 Å². The van der Waals surface area contributed by atoms with Gasteiger partial charge in [-0.2, -0.15) is 5.26 Å². The lowest BCUT2D eigenvalue weighted by Gasteiger charge is -2.32. The predicted molar refractivity (Wildman–Crippen MR) is 119 cm³/mol. The Kier molecular flexibility index (Phi) is 7.79. The number of halogens is 1. The van der Waals surface area contributed by atoms with Crippen LogP contribution in [0.2, 0.25) is 0 Å². The number of nitrogens with one attached hydrogen (secondary N) is 2. The molecule has 1 aromatic heterocycles. The number of nitrogens with zero attached hydrogens (tertiary/aromatic N) is 2. The highest BCUT2D eigenvalue weighted by Gasteiger charge is 2.41. The number of thiazole rings is 1. The van der Waals surface area contributed by atoms with Crippen LogP contribution in [-0.4, -0.2) is 50.9 Å². The topological polar surface area (TPSA) is 174 Å². The Balaban J connectivity index is 1.90. The number of H-pyrrole nitrogens is 1. The van der Waals surface area contributed by atoms with E-state index in [1.54, 1.807) is 18.2 Å². The number of aromatic amines is 1. The number of ketones is 1. The Morgan fingerprint density at radius 2 is 2.29 bits per heavy atom. The van der Waals surface area contributed by atoms with Crippen molar-refractivity contribution < 1.29 is 19.7 Å². The van der Waals surface area contributed by atoms with Crippen molar-refractivity contribution in [2.45, 2.75) is 22.5 Å². The van der Waals surface area contributed by atoms with Crippen molar-refractivity contribution in [2.75, 3.05) is 6.61 Å². The molecule has 0 aliphatic carbocycles. The lowest BCUT2D eigenvalue weighted by Crippen LogP contribution is -2.52.